The van der Waals surface area contributed by atoms with Crippen molar-refractivity contribution in [2.75, 3.05) is 13.1 Å². The fourth-order valence-corrected chi connectivity index (χ4v) is 3.08. The van der Waals surface area contributed by atoms with Crippen LogP contribution in [0.5, 0.6) is 0 Å². The first-order chi connectivity index (χ1) is 11.1. The predicted molar refractivity (Wildman–Crippen MR) is 85.7 cm³/mol. The van der Waals surface area contributed by atoms with Crippen molar-refractivity contribution >= 4 is 17.5 Å². The monoisotopic (exact) mass is 334 g/mol. The Balaban J connectivity index is 1.53. The molecule has 2 heterocycles. The van der Waals surface area contributed by atoms with Crippen LogP contribution < -0.4 is 0 Å². The van der Waals surface area contributed by atoms with Gasteiger partial charge in [0.05, 0.1) is 6.10 Å². The van der Waals surface area contributed by atoms with Gasteiger partial charge in [0, 0.05) is 18.1 Å². The van der Waals surface area contributed by atoms with Crippen LogP contribution in [0.2, 0.25) is 5.02 Å². The molecule has 1 aromatic heterocycles. The molecule has 1 aromatic carbocycles. The van der Waals surface area contributed by atoms with Crippen LogP contribution >= 0.6 is 11.6 Å². The Kier molecular flexibility index (Phi) is 4.93. The normalized spacial score (nSPS) is 17.2. The minimum absolute atomic E-state index is 0.0370. The predicted octanol–water partition coefficient (Wildman–Crippen LogP) is 1.90. The fourth-order valence-electron chi connectivity index (χ4n) is 2.95. The molecular formula is C16H19ClN4O2. The first kappa shape index (κ1) is 16.0. The minimum Gasteiger partial charge on any atom is -0.388 e. The number of hydrogen-bond acceptors (Lipinski definition) is 4. The van der Waals surface area contributed by atoms with E-state index in [1.807, 2.05) is 17.0 Å². The molecule has 2 aromatic rings. The van der Waals surface area contributed by atoms with E-state index in [1.165, 1.54) is 17.3 Å². The molecule has 1 aliphatic heterocycles. The van der Waals surface area contributed by atoms with Crippen LogP contribution in [0.25, 0.3) is 0 Å². The molecule has 6 nitrogen and oxygen atoms in total. The van der Waals surface area contributed by atoms with Crippen LogP contribution in [0.4, 0.5) is 0 Å². The molecule has 3 rings (SSSR count). The second-order valence-electron chi connectivity index (χ2n) is 5.81. The summed E-state index contributed by atoms with van der Waals surface area (Å²) in [6, 6.07) is 7.29. The van der Waals surface area contributed by atoms with Crippen molar-refractivity contribution in [1.29, 1.82) is 0 Å². The topological polar surface area (TPSA) is 71.2 Å². The number of carbonyl (C=O) groups excluding carboxylic acids is 1. The van der Waals surface area contributed by atoms with Crippen LogP contribution in [0.15, 0.2) is 36.9 Å². The maximum absolute atomic E-state index is 12.2. The van der Waals surface area contributed by atoms with Crippen LogP contribution in [0.3, 0.4) is 0 Å². The van der Waals surface area contributed by atoms with Gasteiger partial charge in [-0.2, -0.15) is 5.10 Å². The molecule has 1 saturated heterocycles. The van der Waals surface area contributed by atoms with Gasteiger partial charge in [0.15, 0.2) is 0 Å². The highest BCUT2D eigenvalue weighted by molar-refractivity contribution is 6.30. The number of amides is 1. The molecule has 0 spiro atoms. The smallest absolute Gasteiger partial charge is 0.244 e. The van der Waals surface area contributed by atoms with Crippen LogP contribution in [0.1, 0.15) is 24.5 Å². The summed E-state index contributed by atoms with van der Waals surface area (Å²) in [6.45, 7) is 1.52. The van der Waals surface area contributed by atoms with Gasteiger partial charge < -0.3 is 10.0 Å². The summed E-state index contributed by atoms with van der Waals surface area (Å²) in [5.74, 6) is 0.196. The van der Waals surface area contributed by atoms with Gasteiger partial charge in [-0.05, 0) is 36.5 Å². The van der Waals surface area contributed by atoms with E-state index in [2.05, 4.69) is 10.1 Å². The average molecular weight is 335 g/mol. The number of nitrogens with zero attached hydrogens (tertiary/aromatic N) is 4. The van der Waals surface area contributed by atoms with E-state index >= 15 is 0 Å². The van der Waals surface area contributed by atoms with Crippen molar-refractivity contribution in [2.24, 2.45) is 5.92 Å². The second kappa shape index (κ2) is 7.10. The van der Waals surface area contributed by atoms with E-state index in [-0.39, 0.29) is 18.4 Å². The maximum atomic E-state index is 12.2. The van der Waals surface area contributed by atoms with Crippen molar-refractivity contribution in [3.8, 4) is 0 Å². The zero-order valence-corrected chi connectivity index (χ0v) is 13.4. The third-order valence-electron chi connectivity index (χ3n) is 4.31. The molecule has 1 fully saturated rings. The summed E-state index contributed by atoms with van der Waals surface area (Å²) in [5, 5.41) is 15.1. The van der Waals surface area contributed by atoms with Crippen molar-refractivity contribution in [2.45, 2.75) is 25.5 Å². The lowest BCUT2D eigenvalue weighted by Crippen LogP contribution is -2.41. The molecule has 122 valence electrons. The number of halogens is 1. The molecule has 0 bridgehead atoms. The van der Waals surface area contributed by atoms with E-state index in [9.17, 15) is 9.90 Å². The van der Waals surface area contributed by atoms with Crippen LogP contribution in [-0.2, 0) is 11.3 Å². The lowest BCUT2D eigenvalue weighted by molar-refractivity contribution is -0.134. The SMILES string of the molecule is O=C(Cn1cncn1)N1CCC([C@H](O)c2ccc(Cl)cc2)CC1. The Hall–Kier alpha value is -1.92. The average Bonchev–Trinajstić information content (AvgIpc) is 3.08. The number of aliphatic hydroxyl groups is 1. The van der Waals surface area contributed by atoms with Crippen LogP contribution in [0, 0.1) is 5.92 Å². The Morgan fingerprint density at radius 1 is 1.30 bits per heavy atom. The van der Waals surface area contributed by atoms with Crippen molar-refractivity contribution in [3.05, 3.63) is 47.5 Å². The second-order valence-corrected chi connectivity index (χ2v) is 6.24. The first-order valence-corrected chi connectivity index (χ1v) is 8.05. The Morgan fingerprint density at radius 2 is 2.00 bits per heavy atom. The number of aromatic nitrogens is 3. The van der Waals surface area contributed by atoms with Gasteiger partial charge in [0.1, 0.15) is 19.2 Å². The zero-order chi connectivity index (χ0) is 16.2. The third-order valence-corrected chi connectivity index (χ3v) is 4.57. The molecule has 0 unspecified atom stereocenters. The van der Waals surface area contributed by atoms with Gasteiger partial charge in [-0.25, -0.2) is 9.67 Å². The molecule has 1 atom stereocenters. The Bertz CT molecular complexity index is 637. The molecular weight excluding hydrogens is 316 g/mol. The van der Waals surface area contributed by atoms with Crippen molar-refractivity contribution in [1.82, 2.24) is 19.7 Å². The summed E-state index contributed by atoms with van der Waals surface area (Å²) >= 11 is 5.88. The lowest BCUT2D eigenvalue weighted by Gasteiger charge is -2.34. The molecule has 7 heteroatoms. The van der Waals surface area contributed by atoms with E-state index in [0.29, 0.717) is 18.1 Å². The zero-order valence-electron chi connectivity index (χ0n) is 12.7. The van der Waals surface area contributed by atoms with Crippen molar-refractivity contribution < 1.29 is 9.90 Å². The molecule has 23 heavy (non-hydrogen) atoms. The minimum atomic E-state index is -0.514. The summed E-state index contributed by atoms with van der Waals surface area (Å²) in [7, 11) is 0. The summed E-state index contributed by atoms with van der Waals surface area (Å²) in [4.78, 5) is 17.9. The number of aliphatic hydroxyl groups excluding tert-OH is 1. The van der Waals surface area contributed by atoms with Gasteiger partial charge in [-0.3, -0.25) is 4.79 Å². The standard InChI is InChI=1S/C16H19ClN4O2/c17-14-3-1-12(2-4-14)16(23)13-5-7-20(8-6-13)15(22)9-21-11-18-10-19-21/h1-4,10-11,13,16,23H,5-9H2/t16-/m1/s1. The lowest BCUT2D eigenvalue weighted by atomic mass is 9.87. The Labute approximate surface area is 139 Å². The highest BCUT2D eigenvalue weighted by Crippen LogP contribution is 2.31. The van der Waals surface area contributed by atoms with Gasteiger partial charge in [0.2, 0.25) is 5.91 Å². The van der Waals surface area contributed by atoms with E-state index in [1.54, 1.807) is 12.1 Å². The maximum Gasteiger partial charge on any atom is 0.244 e. The van der Waals surface area contributed by atoms with Crippen molar-refractivity contribution in [3.63, 3.8) is 0 Å². The van der Waals surface area contributed by atoms with E-state index in [0.717, 1.165) is 18.4 Å². The molecule has 1 amide bonds. The van der Waals surface area contributed by atoms with Gasteiger partial charge in [-0.1, -0.05) is 23.7 Å². The molecule has 0 radical (unpaired) electrons. The van der Waals surface area contributed by atoms with Gasteiger partial charge in [-0.15, -0.1) is 0 Å². The fraction of sp³-hybridized carbons (Fsp3) is 0.438. The first-order valence-electron chi connectivity index (χ1n) is 7.67. The van der Waals surface area contributed by atoms with Crippen LogP contribution in [-0.4, -0.2) is 43.8 Å². The quantitative estimate of drug-likeness (QED) is 0.927. The molecule has 0 aliphatic carbocycles. The number of piperidine rings is 1. The highest BCUT2D eigenvalue weighted by Gasteiger charge is 2.28. The highest BCUT2D eigenvalue weighted by atomic mass is 35.5. The summed E-state index contributed by atoms with van der Waals surface area (Å²) in [5.41, 5.74) is 0.877. The molecule has 1 aliphatic rings. The van der Waals surface area contributed by atoms with E-state index in [4.69, 9.17) is 11.6 Å². The van der Waals surface area contributed by atoms with Gasteiger partial charge >= 0.3 is 0 Å². The largest absolute Gasteiger partial charge is 0.388 e. The summed E-state index contributed by atoms with van der Waals surface area (Å²) in [6.07, 6.45) is 4.01. The van der Waals surface area contributed by atoms with Gasteiger partial charge in [0.25, 0.3) is 0 Å². The number of hydrogen-bond donors (Lipinski definition) is 1. The number of carbonyl (C=O) groups is 1. The molecule has 0 saturated carbocycles. The Morgan fingerprint density at radius 3 is 2.61 bits per heavy atom. The third kappa shape index (κ3) is 3.89. The number of benzene rings is 1. The number of rotatable bonds is 4. The molecule has 1 N–H and O–H groups in total. The van der Waals surface area contributed by atoms with E-state index < -0.39 is 6.10 Å². The summed E-state index contributed by atoms with van der Waals surface area (Å²) < 4.78 is 1.52. The number of likely N-dealkylation sites (tertiary alicyclic amines) is 1.